The zero-order valence-corrected chi connectivity index (χ0v) is 17.6. The molecule has 0 aliphatic heterocycles. The quantitative estimate of drug-likeness (QED) is 0.557. The fourth-order valence-electron chi connectivity index (χ4n) is 3.78. The summed E-state index contributed by atoms with van der Waals surface area (Å²) in [6.45, 7) is 8.49. The van der Waals surface area contributed by atoms with Crippen molar-refractivity contribution in [2.24, 2.45) is 0 Å². The molecule has 3 rings (SSSR count). The number of aryl methyl sites for hydroxylation is 3. The minimum Gasteiger partial charge on any atom is -0.336 e. The number of carbonyl (C=O) groups is 2. The zero-order valence-electron chi connectivity index (χ0n) is 17.6. The molecule has 0 saturated carbocycles. The minimum atomic E-state index is -0.137. The summed E-state index contributed by atoms with van der Waals surface area (Å²) < 4.78 is 2.13. The minimum absolute atomic E-state index is 0.121. The molecule has 0 spiro atoms. The van der Waals surface area contributed by atoms with Gasteiger partial charge >= 0.3 is 0 Å². The first-order valence-electron chi connectivity index (χ1n) is 10.3. The van der Waals surface area contributed by atoms with Crippen molar-refractivity contribution in [3.8, 4) is 0 Å². The van der Waals surface area contributed by atoms with Crippen molar-refractivity contribution in [3.63, 3.8) is 0 Å². The van der Waals surface area contributed by atoms with Crippen molar-refractivity contribution in [2.75, 3.05) is 10.6 Å². The van der Waals surface area contributed by atoms with Gasteiger partial charge in [0.1, 0.15) is 5.69 Å². The van der Waals surface area contributed by atoms with Crippen molar-refractivity contribution >= 4 is 34.1 Å². The molecule has 3 aromatic rings. The highest BCUT2D eigenvalue weighted by atomic mass is 16.2. The Morgan fingerprint density at radius 2 is 1.79 bits per heavy atom. The number of hydrogen-bond donors (Lipinski definition) is 2. The molecule has 0 aliphatic carbocycles. The van der Waals surface area contributed by atoms with Gasteiger partial charge in [-0.25, -0.2) is 0 Å². The third-order valence-corrected chi connectivity index (χ3v) is 5.23. The number of para-hydroxylation sites is 1. The lowest BCUT2D eigenvalue weighted by Crippen LogP contribution is -2.19. The molecule has 0 fully saturated rings. The van der Waals surface area contributed by atoms with Gasteiger partial charge in [0, 0.05) is 35.7 Å². The Morgan fingerprint density at radius 1 is 1.03 bits per heavy atom. The number of rotatable bonds is 7. The second-order valence-electron chi connectivity index (χ2n) is 7.36. The van der Waals surface area contributed by atoms with E-state index in [2.05, 4.69) is 34.3 Å². The molecule has 2 amide bonds. The summed E-state index contributed by atoms with van der Waals surface area (Å²) in [7, 11) is 0. The number of fused-ring (bicyclic) bond motifs is 1. The van der Waals surface area contributed by atoms with Crippen LogP contribution in [0.1, 0.15) is 55.2 Å². The molecule has 0 saturated heterocycles. The Hall–Kier alpha value is -3.08. The highest BCUT2D eigenvalue weighted by molar-refractivity contribution is 6.09. The standard InChI is InChI=1S/C24H29N3O2/c1-5-7-14-27-22-11-9-8-10-20(22)16(3)23(27)24(29)26-21-15-19(25-17(4)28)13-12-18(21)6-2/h8-13,15H,5-7,14H2,1-4H3,(H,25,28)(H,26,29). The Bertz CT molecular complexity index is 1050. The van der Waals surface area contributed by atoms with Crippen LogP contribution in [0.15, 0.2) is 42.5 Å². The van der Waals surface area contributed by atoms with Gasteiger partial charge in [0.2, 0.25) is 5.91 Å². The molecule has 1 heterocycles. The highest BCUT2D eigenvalue weighted by Crippen LogP contribution is 2.28. The Balaban J connectivity index is 2.02. The Morgan fingerprint density at radius 3 is 2.48 bits per heavy atom. The van der Waals surface area contributed by atoms with Crippen LogP contribution in [-0.2, 0) is 17.8 Å². The maximum absolute atomic E-state index is 13.4. The van der Waals surface area contributed by atoms with Gasteiger partial charge < -0.3 is 15.2 Å². The van der Waals surface area contributed by atoms with Crippen LogP contribution in [0.4, 0.5) is 11.4 Å². The van der Waals surface area contributed by atoms with Crippen LogP contribution in [0.5, 0.6) is 0 Å². The molecule has 0 unspecified atom stereocenters. The smallest absolute Gasteiger partial charge is 0.272 e. The summed E-state index contributed by atoms with van der Waals surface area (Å²) in [6.07, 6.45) is 2.86. The average molecular weight is 392 g/mol. The van der Waals surface area contributed by atoms with Gasteiger partial charge in [-0.15, -0.1) is 0 Å². The molecule has 0 bridgehead atoms. The number of unbranched alkanes of at least 4 members (excludes halogenated alkanes) is 1. The van der Waals surface area contributed by atoms with Gasteiger partial charge in [-0.3, -0.25) is 9.59 Å². The fourth-order valence-corrected chi connectivity index (χ4v) is 3.78. The van der Waals surface area contributed by atoms with Crippen molar-refractivity contribution < 1.29 is 9.59 Å². The van der Waals surface area contributed by atoms with Crippen LogP contribution in [-0.4, -0.2) is 16.4 Å². The van der Waals surface area contributed by atoms with Gasteiger partial charge in [-0.2, -0.15) is 0 Å². The lowest BCUT2D eigenvalue weighted by Gasteiger charge is -2.15. The van der Waals surface area contributed by atoms with E-state index in [0.717, 1.165) is 53.5 Å². The monoisotopic (exact) mass is 391 g/mol. The normalized spacial score (nSPS) is 10.9. The first-order chi connectivity index (χ1) is 14.0. The maximum atomic E-state index is 13.4. The number of aromatic nitrogens is 1. The molecule has 1 aromatic heterocycles. The Kier molecular flexibility index (Phi) is 6.37. The first-order valence-corrected chi connectivity index (χ1v) is 10.3. The van der Waals surface area contributed by atoms with E-state index in [1.165, 1.54) is 6.92 Å². The highest BCUT2D eigenvalue weighted by Gasteiger charge is 2.20. The molecule has 0 aliphatic rings. The van der Waals surface area contributed by atoms with Crippen molar-refractivity contribution in [2.45, 2.75) is 53.5 Å². The lowest BCUT2D eigenvalue weighted by molar-refractivity contribution is -0.114. The number of carbonyl (C=O) groups excluding carboxylic acids is 2. The van der Waals surface area contributed by atoms with Crippen molar-refractivity contribution in [1.82, 2.24) is 4.57 Å². The predicted octanol–water partition coefficient (Wildman–Crippen LogP) is 5.52. The van der Waals surface area contributed by atoms with E-state index in [9.17, 15) is 9.59 Å². The second kappa shape index (κ2) is 8.95. The van der Waals surface area contributed by atoms with E-state index in [0.29, 0.717) is 11.4 Å². The average Bonchev–Trinajstić information content (AvgIpc) is 2.98. The topological polar surface area (TPSA) is 63.1 Å². The van der Waals surface area contributed by atoms with E-state index in [4.69, 9.17) is 0 Å². The molecule has 2 aromatic carbocycles. The predicted molar refractivity (Wildman–Crippen MR) is 120 cm³/mol. The Labute approximate surface area is 172 Å². The van der Waals surface area contributed by atoms with E-state index in [1.807, 2.05) is 44.2 Å². The second-order valence-corrected chi connectivity index (χ2v) is 7.36. The molecule has 152 valence electrons. The largest absolute Gasteiger partial charge is 0.336 e. The summed E-state index contributed by atoms with van der Waals surface area (Å²) in [4.78, 5) is 24.8. The van der Waals surface area contributed by atoms with Gasteiger partial charge in [-0.05, 0) is 49.1 Å². The number of nitrogens with zero attached hydrogens (tertiary/aromatic N) is 1. The summed E-state index contributed by atoms with van der Waals surface area (Å²) in [5, 5.41) is 6.99. The number of nitrogens with one attached hydrogen (secondary N) is 2. The van der Waals surface area contributed by atoms with Crippen LogP contribution in [0.25, 0.3) is 10.9 Å². The summed E-state index contributed by atoms with van der Waals surface area (Å²) in [5.74, 6) is -0.258. The van der Waals surface area contributed by atoms with Gasteiger partial charge in [0.05, 0.1) is 0 Å². The molecular weight excluding hydrogens is 362 g/mol. The molecule has 0 radical (unpaired) electrons. The van der Waals surface area contributed by atoms with E-state index in [-0.39, 0.29) is 11.8 Å². The van der Waals surface area contributed by atoms with Crippen LogP contribution < -0.4 is 10.6 Å². The number of hydrogen-bond acceptors (Lipinski definition) is 2. The maximum Gasteiger partial charge on any atom is 0.272 e. The van der Waals surface area contributed by atoms with Crippen LogP contribution >= 0.6 is 0 Å². The third kappa shape index (κ3) is 4.34. The molecule has 0 atom stereocenters. The van der Waals surface area contributed by atoms with Gasteiger partial charge in [0.15, 0.2) is 0 Å². The molecule has 5 heteroatoms. The fraction of sp³-hybridized carbons (Fsp3) is 0.333. The van der Waals surface area contributed by atoms with Gasteiger partial charge in [0.25, 0.3) is 5.91 Å². The molecular formula is C24H29N3O2. The third-order valence-electron chi connectivity index (χ3n) is 5.23. The first kappa shape index (κ1) is 20.6. The van der Waals surface area contributed by atoms with E-state index >= 15 is 0 Å². The summed E-state index contributed by atoms with van der Waals surface area (Å²) in [5.41, 5.74) is 5.22. The lowest BCUT2D eigenvalue weighted by atomic mass is 10.1. The van der Waals surface area contributed by atoms with Crippen molar-refractivity contribution in [1.29, 1.82) is 0 Å². The summed E-state index contributed by atoms with van der Waals surface area (Å²) in [6, 6.07) is 13.8. The number of benzene rings is 2. The summed E-state index contributed by atoms with van der Waals surface area (Å²) >= 11 is 0. The van der Waals surface area contributed by atoms with Crippen LogP contribution in [0.3, 0.4) is 0 Å². The van der Waals surface area contributed by atoms with Crippen LogP contribution in [0, 0.1) is 6.92 Å². The van der Waals surface area contributed by atoms with Crippen LogP contribution in [0.2, 0.25) is 0 Å². The SMILES string of the molecule is CCCCn1c(C(=O)Nc2cc(NC(C)=O)ccc2CC)c(C)c2ccccc21. The molecule has 29 heavy (non-hydrogen) atoms. The number of amides is 2. The van der Waals surface area contributed by atoms with E-state index < -0.39 is 0 Å². The van der Waals surface area contributed by atoms with Gasteiger partial charge in [-0.1, -0.05) is 44.5 Å². The van der Waals surface area contributed by atoms with E-state index in [1.54, 1.807) is 0 Å². The molecule has 5 nitrogen and oxygen atoms in total. The zero-order chi connectivity index (χ0) is 21.0. The number of anilines is 2. The molecule has 2 N–H and O–H groups in total. The van der Waals surface area contributed by atoms with Crippen molar-refractivity contribution in [3.05, 3.63) is 59.3 Å².